The minimum absolute atomic E-state index is 0.0117. The summed E-state index contributed by atoms with van der Waals surface area (Å²) < 4.78 is 0. The normalized spacial score (nSPS) is 10.1. The van der Waals surface area contributed by atoms with Crippen molar-refractivity contribution in [3.63, 3.8) is 0 Å². The van der Waals surface area contributed by atoms with E-state index in [1.165, 1.54) is 18.3 Å². The lowest BCUT2D eigenvalue weighted by Crippen LogP contribution is -2.16. The van der Waals surface area contributed by atoms with Crippen LogP contribution in [0.4, 0.5) is 5.82 Å². The van der Waals surface area contributed by atoms with E-state index in [0.29, 0.717) is 10.6 Å². The molecule has 0 fully saturated rings. The lowest BCUT2D eigenvalue weighted by atomic mass is 10.1. The zero-order valence-electron chi connectivity index (χ0n) is 10.6. The van der Waals surface area contributed by atoms with Gasteiger partial charge >= 0.3 is 5.97 Å². The molecule has 0 radical (unpaired) electrons. The number of hydrogen-bond acceptors (Lipinski definition) is 3. The molecule has 1 heterocycles. The number of nitrogens with one attached hydrogen (secondary N) is 1. The van der Waals surface area contributed by atoms with Crippen molar-refractivity contribution in [2.45, 2.75) is 6.92 Å². The zero-order valence-corrected chi connectivity index (χ0v) is 11.3. The average Bonchev–Trinajstić information content (AvgIpc) is 2.42. The Morgan fingerprint density at radius 1 is 1.30 bits per heavy atom. The molecule has 0 unspecified atom stereocenters. The van der Waals surface area contributed by atoms with Gasteiger partial charge in [-0.1, -0.05) is 11.6 Å². The molecule has 102 valence electrons. The van der Waals surface area contributed by atoms with Crippen LogP contribution in [0.15, 0.2) is 36.5 Å². The van der Waals surface area contributed by atoms with E-state index in [0.717, 1.165) is 5.56 Å². The molecule has 2 aromatic rings. The number of aromatic nitrogens is 1. The Morgan fingerprint density at radius 3 is 2.70 bits per heavy atom. The smallest absolute Gasteiger partial charge is 0.339 e. The minimum atomic E-state index is -1.15. The first kappa shape index (κ1) is 14.0. The number of aromatic carboxylic acids is 1. The summed E-state index contributed by atoms with van der Waals surface area (Å²) in [5.74, 6) is -1.58. The van der Waals surface area contributed by atoms with Gasteiger partial charge in [-0.15, -0.1) is 0 Å². The first-order valence-electron chi connectivity index (χ1n) is 5.75. The van der Waals surface area contributed by atoms with Gasteiger partial charge in [0.05, 0.1) is 0 Å². The highest BCUT2D eigenvalue weighted by molar-refractivity contribution is 6.31. The number of pyridine rings is 1. The first-order chi connectivity index (χ1) is 9.49. The Morgan fingerprint density at radius 2 is 2.05 bits per heavy atom. The molecule has 1 amide bonds. The Labute approximate surface area is 120 Å². The zero-order chi connectivity index (χ0) is 14.7. The van der Waals surface area contributed by atoms with Gasteiger partial charge < -0.3 is 10.4 Å². The topological polar surface area (TPSA) is 79.3 Å². The molecule has 2 rings (SSSR count). The standard InChI is InChI=1S/C14H11ClN2O3/c1-8-7-9(4-5-11(8)15)13(18)17-12-10(14(19)20)3-2-6-16-12/h2-7H,1H3,(H,19,20)(H,16,17,18). The highest BCUT2D eigenvalue weighted by Gasteiger charge is 2.14. The number of carbonyl (C=O) groups is 2. The number of carbonyl (C=O) groups excluding carboxylic acids is 1. The van der Waals surface area contributed by atoms with Crippen LogP contribution in [-0.2, 0) is 0 Å². The van der Waals surface area contributed by atoms with Crippen LogP contribution in [0.3, 0.4) is 0 Å². The molecule has 0 aliphatic rings. The summed E-state index contributed by atoms with van der Waals surface area (Å²) in [4.78, 5) is 27.0. The molecule has 20 heavy (non-hydrogen) atoms. The highest BCUT2D eigenvalue weighted by atomic mass is 35.5. The van der Waals surface area contributed by atoms with Crippen LogP contribution in [-0.4, -0.2) is 22.0 Å². The van der Waals surface area contributed by atoms with E-state index in [2.05, 4.69) is 10.3 Å². The van der Waals surface area contributed by atoms with Crippen molar-refractivity contribution in [3.8, 4) is 0 Å². The van der Waals surface area contributed by atoms with Gasteiger partial charge in [0.1, 0.15) is 11.4 Å². The second-order valence-electron chi connectivity index (χ2n) is 4.12. The second-order valence-corrected chi connectivity index (χ2v) is 4.53. The molecule has 0 spiro atoms. The van der Waals surface area contributed by atoms with Crippen LogP contribution < -0.4 is 5.32 Å². The van der Waals surface area contributed by atoms with Gasteiger partial charge in [0.2, 0.25) is 0 Å². The van der Waals surface area contributed by atoms with Gasteiger partial charge in [0, 0.05) is 16.8 Å². The summed E-state index contributed by atoms with van der Waals surface area (Å²) in [7, 11) is 0. The molecule has 1 aromatic heterocycles. The third-order valence-corrected chi connectivity index (χ3v) is 3.11. The van der Waals surface area contributed by atoms with Crippen molar-refractivity contribution in [2.24, 2.45) is 0 Å². The molecule has 0 aliphatic heterocycles. The number of anilines is 1. The van der Waals surface area contributed by atoms with Crippen LogP contribution in [0.2, 0.25) is 5.02 Å². The van der Waals surface area contributed by atoms with Crippen molar-refractivity contribution >= 4 is 29.3 Å². The number of benzene rings is 1. The van der Waals surface area contributed by atoms with Gasteiger partial charge in [-0.3, -0.25) is 4.79 Å². The fraction of sp³-hybridized carbons (Fsp3) is 0.0714. The third kappa shape index (κ3) is 2.95. The maximum absolute atomic E-state index is 12.1. The van der Waals surface area contributed by atoms with Gasteiger partial charge in [-0.05, 0) is 42.8 Å². The van der Waals surface area contributed by atoms with Crippen molar-refractivity contribution < 1.29 is 14.7 Å². The summed E-state index contributed by atoms with van der Waals surface area (Å²) in [6, 6.07) is 7.67. The van der Waals surface area contributed by atoms with E-state index in [1.54, 1.807) is 25.1 Å². The van der Waals surface area contributed by atoms with Gasteiger partial charge in [-0.25, -0.2) is 9.78 Å². The molecule has 0 bridgehead atoms. The summed E-state index contributed by atoms with van der Waals surface area (Å²) >= 11 is 5.89. The Balaban J connectivity index is 2.28. The number of amides is 1. The monoisotopic (exact) mass is 290 g/mol. The van der Waals surface area contributed by atoms with Crippen molar-refractivity contribution in [3.05, 3.63) is 58.2 Å². The fourth-order valence-electron chi connectivity index (χ4n) is 1.64. The second kappa shape index (κ2) is 5.71. The van der Waals surface area contributed by atoms with Crippen LogP contribution in [0.5, 0.6) is 0 Å². The van der Waals surface area contributed by atoms with E-state index in [9.17, 15) is 9.59 Å². The number of hydrogen-bond donors (Lipinski definition) is 2. The number of aryl methyl sites for hydroxylation is 1. The largest absolute Gasteiger partial charge is 0.478 e. The third-order valence-electron chi connectivity index (χ3n) is 2.69. The Bertz CT molecular complexity index is 686. The summed E-state index contributed by atoms with van der Waals surface area (Å²) in [6.45, 7) is 1.78. The van der Waals surface area contributed by atoms with Gasteiger partial charge in [0.25, 0.3) is 5.91 Å². The van der Waals surface area contributed by atoms with Gasteiger partial charge in [0.15, 0.2) is 0 Å². The van der Waals surface area contributed by atoms with Crippen LogP contribution in [0, 0.1) is 6.92 Å². The first-order valence-corrected chi connectivity index (χ1v) is 6.12. The van der Waals surface area contributed by atoms with Crippen LogP contribution in [0.25, 0.3) is 0 Å². The number of rotatable bonds is 3. The number of halogens is 1. The molecule has 1 aromatic carbocycles. The Hall–Kier alpha value is -2.40. The summed E-state index contributed by atoms with van der Waals surface area (Å²) in [5.41, 5.74) is 1.08. The van der Waals surface area contributed by atoms with Crippen LogP contribution in [0.1, 0.15) is 26.3 Å². The summed E-state index contributed by atoms with van der Waals surface area (Å²) in [5, 5.41) is 12.1. The molecular formula is C14H11ClN2O3. The highest BCUT2D eigenvalue weighted by Crippen LogP contribution is 2.18. The van der Waals surface area contributed by atoms with Crippen LogP contribution >= 0.6 is 11.6 Å². The van der Waals surface area contributed by atoms with Crippen molar-refractivity contribution in [2.75, 3.05) is 5.32 Å². The van der Waals surface area contributed by atoms with Crippen molar-refractivity contribution in [1.29, 1.82) is 0 Å². The quantitative estimate of drug-likeness (QED) is 0.911. The SMILES string of the molecule is Cc1cc(C(=O)Nc2ncccc2C(=O)O)ccc1Cl. The lowest BCUT2D eigenvalue weighted by Gasteiger charge is -2.08. The molecular weight excluding hydrogens is 280 g/mol. The number of nitrogens with zero attached hydrogens (tertiary/aromatic N) is 1. The summed E-state index contributed by atoms with van der Waals surface area (Å²) in [6.07, 6.45) is 1.41. The van der Waals surface area contributed by atoms with Gasteiger partial charge in [-0.2, -0.15) is 0 Å². The lowest BCUT2D eigenvalue weighted by molar-refractivity contribution is 0.0697. The average molecular weight is 291 g/mol. The maximum Gasteiger partial charge on any atom is 0.339 e. The van der Waals surface area contributed by atoms with Crippen molar-refractivity contribution in [1.82, 2.24) is 4.98 Å². The van der Waals surface area contributed by atoms with E-state index in [1.807, 2.05) is 0 Å². The predicted molar refractivity (Wildman–Crippen MR) is 75.3 cm³/mol. The van der Waals surface area contributed by atoms with E-state index in [4.69, 9.17) is 16.7 Å². The van der Waals surface area contributed by atoms with E-state index >= 15 is 0 Å². The molecule has 0 saturated carbocycles. The molecule has 6 heteroatoms. The maximum atomic E-state index is 12.1. The molecule has 0 atom stereocenters. The molecule has 2 N–H and O–H groups in total. The Kier molecular flexibility index (Phi) is 4.00. The molecule has 5 nitrogen and oxygen atoms in total. The number of carboxylic acids is 1. The fourth-order valence-corrected chi connectivity index (χ4v) is 1.76. The number of carboxylic acid groups (broad SMARTS) is 1. The predicted octanol–water partition coefficient (Wildman–Crippen LogP) is 2.99. The minimum Gasteiger partial charge on any atom is -0.478 e. The van der Waals surface area contributed by atoms with E-state index in [-0.39, 0.29) is 11.4 Å². The molecule has 0 saturated heterocycles. The molecule has 0 aliphatic carbocycles. The van der Waals surface area contributed by atoms with E-state index < -0.39 is 11.9 Å².